The number of halogens is 4. The van der Waals surface area contributed by atoms with Crippen molar-refractivity contribution in [3.63, 3.8) is 0 Å². The van der Waals surface area contributed by atoms with E-state index in [0.29, 0.717) is 16.9 Å². The third kappa shape index (κ3) is 3.49. The maximum absolute atomic E-state index is 13.9. The molecule has 1 aromatic carbocycles. The number of benzene rings is 1. The van der Waals surface area contributed by atoms with Crippen molar-refractivity contribution in [3.05, 3.63) is 65.8 Å². The van der Waals surface area contributed by atoms with Gasteiger partial charge in [-0.15, -0.1) is 0 Å². The first-order chi connectivity index (χ1) is 12.4. The summed E-state index contributed by atoms with van der Waals surface area (Å²) >= 11 is 0. The van der Waals surface area contributed by atoms with Gasteiger partial charge in [0.2, 0.25) is 11.6 Å². The van der Waals surface area contributed by atoms with Gasteiger partial charge in [-0.05, 0) is 11.6 Å². The van der Waals surface area contributed by atoms with Crippen LogP contribution in [0, 0.1) is 5.82 Å². The number of nitrogens with one attached hydrogen (secondary N) is 1. The maximum Gasteiger partial charge on any atom is 0.451 e. The molecule has 0 amide bonds. The lowest BCUT2D eigenvalue weighted by Gasteiger charge is -2.07. The minimum absolute atomic E-state index is 0. The Hall–Kier alpha value is -3.34. The van der Waals surface area contributed by atoms with Crippen molar-refractivity contribution in [1.29, 1.82) is 0 Å². The van der Waals surface area contributed by atoms with Crippen LogP contribution < -0.4 is 0 Å². The van der Waals surface area contributed by atoms with Crippen LogP contribution in [0.25, 0.3) is 17.2 Å². The summed E-state index contributed by atoms with van der Waals surface area (Å²) < 4.78 is 53.7. The second kappa shape index (κ2) is 6.76. The average Bonchev–Trinajstić information content (AvgIpc) is 3.25. The molecule has 0 unspecified atom stereocenters. The zero-order valence-corrected chi connectivity index (χ0v) is 13.5. The lowest BCUT2D eigenvalue weighted by atomic mass is 10.1. The Bertz CT molecular complexity index is 1090. The standard InChI is InChI=1S/C16H10F4N6.H2O/c17-10-4-2-1-3-9(10)7-11-14-21-5-6-26(14)8-12(22-11)13-23-15(25-24-13)16(18,19)20;/h1-6,8H,7H2,(H,23,24,25);1H2. The Morgan fingerprint density at radius 2 is 1.89 bits per heavy atom. The molecule has 0 atom stereocenters. The number of aromatic nitrogens is 6. The van der Waals surface area contributed by atoms with Gasteiger partial charge in [0.05, 0.1) is 5.69 Å². The summed E-state index contributed by atoms with van der Waals surface area (Å²) in [5, 5.41) is 5.44. The van der Waals surface area contributed by atoms with Crippen LogP contribution in [0.3, 0.4) is 0 Å². The fraction of sp³-hybridized carbons (Fsp3) is 0.125. The number of imidazole rings is 1. The number of aromatic amines is 1. The lowest BCUT2D eigenvalue weighted by molar-refractivity contribution is -0.144. The van der Waals surface area contributed by atoms with Crippen LogP contribution in [0.5, 0.6) is 0 Å². The van der Waals surface area contributed by atoms with Crippen LogP contribution in [-0.2, 0) is 12.6 Å². The van der Waals surface area contributed by atoms with Gasteiger partial charge in [0, 0.05) is 25.0 Å². The number of hydrogen-bond donors (Lipinski definition) is 1. The van der Waals surface area contributed by atoms with Crippen LogP contribution in [0.1, 0.15) is 17.1 Å². The highest BCUT2D eigenvalue weighted by atomic mass is 19.4. The summed E-state index contributed by atoms with van der Waals surface area (Å²) in [6.45, 7) is 0. The number of alkyl halides is 3. The van der Waals surface area contributed by atoms with Crippen LogP contribution in [0.15, 0.2) is 42.9 Å². The third-order valence-corrected chi connectivity index (χ3v) is 3.74. The van der Waals surface area contributed by atoms with Gasteiger partial charge in [0.15, 0.2) is 5.65 Å². The highest BCUT2D eigenvalue weighted by Crippen LogP contribution is 2.27. The molecular formula is C16H12F4N6O. The number of H-pyrrole nitrogens is 1. The molecule has 0 aliphatic carbocycles. The van der Waals surface area contributed by atoms with Gasteiger partial charge in [-0.3, -0.25) is 5.10 Å². The Morgan fingerprint density at radius 1 is 1.11 bits per heavy atom. The van der Waals surface area contributed by atoms with Crippen molar-refractivity contribution in [2.45, 2.75) is 12.6 Å². The van der Waals surface area contributed by atoms with Gasteiger partial charge < -0.3 is 9.88 Å². The van der Waals surface area contributed by atoms with Gasteiger partial charge in [-0.2, -0.15) is 18.3 Å². The molecule has 140 valence electrons. The van der Waals surface area contributed by atoms with Crippen molar-refractivity contribution in [3.8, 4) is 11.5 Å². The number of nitrogens with zero attached hydrogens (tertiary/aromatic N) is 5. The zero-order valence-electron chi connectivity index (χ0n) is 13.5. The monoisotopic (exact) mass is 380 g/mol. The molecule has 0 aliphatic rings. The molecule has 0 saturated heterocycles. The van der Waals surface area contributed by atoms with Gasteiger partial charge in [-0.25, -0.2) is 19.3 Å². The van der Waals surface area contributed by atoms with Gasteiger partial charge in [0.1, 0.15) is 11.5 Å². The van der Waals surface area contributed by atoms with Gasteiger partial charge >= 0.3 is 6.18 Å². The fourth-order valence-corrected chi connectivity index (χ4v) is 2.55. The first-order valence-corrected chi connectivity index (χ1v) is 7.48. The molecule has 3 N–H and O–H groups in total. The molecule has 0 saturated carbocycles. The van der Waals surface area contributed by atoms with Crippen LogP contribution in [0.4, 0.5) is 17.6 Å². The molecule has 4 aromatic rings. The maximum atomic E-state index is 13.9. The van der Waals surface area contributed by atoms with E-state index in [2.05, 4.69) is 20.1 Å². The van der Waals surface area contributed by atoms with Crippen LogP contribution in [-0.4, -0.2) is 35.0 Å². The van der Waals surface area contributed by atoms with Crippen molar-refractivity contribution in [1.82, 2.24) is 29.5 Å². The predicted octanol–water partition coefficient (Wildman–Crippen LogP) is 2.44. The molecule has 11 heteroatoms. The average molecular weight is 380 g/mol. The molecule has 0 spiro atoms. The topological polar surface area (TPSA) is 103 Å². The molecular weight excluding hydrogens is 368 g/mol. The first-order valence-electron chi connectivity index (χ1n) is 7.48. The lowest BCUT2D eigenvalue weighted by Crippen LogP contribution is -2.07. The quantitative estimate of drug-likeness (QED) is 0.551. The Morgan fingerprint density at radius 3 is 2.59 bits per heavy atom. The first kappa shape index (κ1) is 18.5. The van der Waals surface area contributed by atoms with E-state index in [-0.39, 0.29) is 23.4 Å². The van der Waals surface area contributed by atoms with Gasteiger partial charge in [-0.1, -0.05) is 18.2 Å². The minimum atomic E-state index is -4.64. The molecule has 0 aliphatic heterocycles. The van der Waals surface area contributed by atoms with E-state index in [1.54, 1.807) is 28.8 Å². The van der Waals surface area contributed by atoms with Crippen molar-refractivity contribution in [2.24, 2.45) is 0 Å². The van der Waals surface area contributed by atoms with E-state index < -0.39 is 17.8 Å². The second-order valence-electron chi connectivity index (χ2n) is 5.50. The summed E-state index contributed by atoms with van der Waals surface area (Å²) in [4.78, 5) is 11.9. The predicted molar refractivity (Wildman–Crippen MR) is 86.2 cm³/mol. The molecule has 27 heavy (non-hydrogen) atoms. The Kier molecular flexibility index (Phi) is 4.62. The Labute approximate surface area is 149 Å². The molecule has 0 fully saturated rings. The number of rotatable bonds is 3. The van der Waals surface area contributed by atoms with Crippen molar-refractivity contribution < 1.29 is 23.0 Å². The fourth-order valence-electron chi connectivity index (χ4n) is 2.55. The number of hydrogen-bond acceptors (Lipinski definition) is 4. The Balaban J connectivity index is 0.00000210. The molecule has 0 bridgehead atoms. The van der Waals surface area contributed by atoms with Gasteiger partial charge in [0.25, 0.3) is 0 Å². The molecule has 3 aromatic heterocycles. The summed E-state index contributed by atoms with van der Waals surface area (Å²) in [7, 11) is 0. The molecule has 0 radical (unpaired) electrons. The van der Waals surface area contributed by atoms with E-state index >= 15 is 0 Å². The van der Waals surface area contributed by atoms with Crippen molar-refractivity contribution >= 4 is 5.65 Å². The normalized spacial score (nSPS) is 11.6. The van der Waals surface area contributed by atoms with Crippen LogP contribution in [0.2, 0.25) is 0 Å². The highest BCUT2D eigenvalue weighted by Gasteiger charge is 2.35. The molecule has 7 nitrogen and oxygen atoms in total. The van der Waals surface area contributed by atoms with E-state index in [9.17, 15) is 17.6 Å². The second-order valence-corrected chi connectivity index (χ2v) is 5.50. The SMILES string of the molecule is Fc1ccccc1Cc1nc(-c2n[nH]c(C(F)(F)F)n2)cn2ccnc12.O. The zero-order chi connectivity index (χ0) is 18.3. The summed E-state index contributed by atoms with van der Waals surface area (Å²) in [5.41, 5.74) is 1.39. The van der Waals surface area contributed by atoms with E-state index in [1.165, 1.54) is 18.5 Å². The smallest absolute Gasteiger partial charge is 0.412 e. The molecule has 3 heterocycles. The van der Waals surface area contributed by atoms with Crippen molar-refractivity contribution in [2.75, 3.05) is 0 Å². The van der Waals surface area contributed by atoms with Crippen LogP contribution >= 0.6 is 0 Å². The highest BCUT2D eigenvalue weighted by molar-refractivity contribution is 5.55. The third-order valence-electron chi connectivity index (χ3n) is 3.74. The van der Waals surface area contributed by atoms with E-state index in [4.69, 9.17) is 0 Å². The summed E-state index contributed by atoms with van der Waals surface area (Å²) in [5.74, 6) is -1.82. The van der Waals surface area contributed by atoms with E-state index in [1.807, 2.05) is 5.10 Å². The minimum Gasteiger partial charge on any atom is -0.412 e. The van der Waals surface area contributed by atoms with E-state index in [0.717, 1.165) is 0 Å². The molecule has 4 rings (SSSR count). The summed E-state index contributed by atoms with van der Waals surface area (Å²) in [6, 6.07) is 6.19. The number of fused-ring (bicyclic) bond motifs is 1. The summed E-state index contributed by atoms with van der Waals surface area (Å²) in [6.07, 6.45) is 0.0852. The largest absolute Gasteiger partial charge is 0.451 e.